The van der Waals surface area contributed by atoms with Crippen molar-refractivity contribution in [2.24, 2.45) is 0 Å². The molecular weight excluding hydrogens is 380 g/mol. The smallest absolute Gasteiger partial charge is 0.336 e. The third kappa shape index (κ3) is 3.30. The molecule has 0 spiro atoms. The van der Waals surface area contributed by atoms with Gasteiger partial charge in [-0.25, -0.2) is 9.48 Å². The highest BCUT2D eigenvalue weighted by Crippen LogP contribution is 2.31. The van der Waals surface area contributed by atoms with Crippen molar-refractivity contribution < 1.29 is 4.42 Å². The minimum atomic E-state index is -0.311. The molecule has 0 bridgehead atoms. The summed E-state index contributed by atoms with van der Waals surface area (Å²) < 4.78 is 7.24. The van der Waals surface area contributed by atoms with E-state index in [0.29, 0.717) is 17.9 Å². The SMILES string of the molecule is O=c1cc(CSc2nnnn2Cc2cccs2)c2cc3c(cc2o1)CCC3. The summed E-state index contributed by atoms with van der Waals surface area (Å²) in [7, 11) is 0. The van der Waals surface area contributed by atoms with Crippen molar-refractivity contribution in [3.63, 3.8) is 0 Å². The molecule has 1 aliphatic carbocycles. The van der Waals surface area contributed by atoms with Crippen LogP contribution in [0.4, 0.5) is 0 Å². The summed E-state index contributed by atoms with van der Waals surface area (Å²) in [6, 6.07) is 9.89. The van der Waals surface area contributed by atoms with Gasteiger partial charge in [0.15, 0.2) is 0 Å². The molecule has 0 saturated carbocycles. The maximum absolute atomic E-state index is 12.0. The van der Waals surface area contributed by atoms with Gasteiger partial charge in [-0.3, -0.25) is 0 Å². The average Bonchev–Trinajstić information content (AvgIpc) is 3.40. The van der Waals surface area contributed by atoms with Gasteiger partial charge < -0.3 is 4.42 Å². The summed E-state index contributed by atoms with van der Waals surface area (Å²) in [4.78, 5) is 13.2. The summed E-state index contributed by atoms with van der Waals surface area (Å²) in [5.74, 6) is 0.617. The van der Waals surface area contributed by atoms with Gasteiger partial charge in [0, 0.05) is 22.1 Å². The van der Waals surface area contributed by atoms with E-state index >= 15 is 0 Å². The lowest BCUT2D eigenvalue weighted by atomic mass is 10.0. The molecular formula is C19H16N4O2S2. The maximum atomic E-state index is 12.0. The fourth-order valence-corrected chi connectivity index (χ4v) is 5.06. The summed E-state index contributed by atoms with van der Waals surface area (Å²) in [6.07, 6.45) is 3.32. The zero-order chi connectivity index (χ0) is 18.2. The van der Waals surface area contributed by atoms with Gasteiger partial charge in [0.1, 0.15) is 5.58 Å². The maximum Gasteiger partial charge on any atom is 0.336 e. The van der Waals surface area contributed by atoms with Crippen LogP contribution in [0.25, 0.3) is 11.0 Å². The van der Waals surface area contributed by atoms with E-state index in [9.17, 15) is 4.79 Å². The van der Waals surface area contributed by atoms with Gasteiger partial charge in [0.05, 0.1) is 6.54 Å². The molecule has 27 heavy (non-hydrogen) atoms. The molecule has 3 heterocycles. The van der Waals surface area contributed by atoms with Crippen molar-refractivity contribution in [1.29, 1.82) is 0 Å². The van der Waals surface area contributed by atoms with Crippen LogP contribution >= 0.6 is 23.1 Å². The van der Waals surface area contributed by atoms with E-state index < -0.39 is 0 Å². The Hall–Kier alpha value is -2.45. The number of tetrazole rings is 1. The van der Waals surface area contributed by atoms with Crippen LogP contribution in [0.15, 0.2) is 50.1 Å². The van der Waals surface area contributed by atoms with Gasteiger partial charge in [-0.2, -0.15) is 0 Å². The van der Waals surface area contributed by atoms with Crippen LogP contribution in [0.5, 0.6) is 0 Å². The molecule has 3 aromatic heterocycles. The zero-order valence-corrected chi connectivity index (χ0v) is 16.1. The van der Waals surface area contributed by atoms with Gasteiger partial charge in [-0.05, 0) is 70.0 Å². The second kappa shape index (κ2) is 6.94. The topological polar surface area (TPSA) is 73.8 Å². The van der Waals surface area contributed by atoms with Crippen LogP contribution in [0.2, 0.25) is 0 Å². The lowest BCUT2D eigenvalue weighted by molar-refractivity contribution is 0.559. The Labute approximate surface area is 163 Å². The number of fused-ring (bicyclic) bond motifs is 2. The fourth-order valence-electron chi connectivity index (χ4n) is 3.51. The highest BCUT2D eigenvalue weighted by molar-refractivity contribution is 7.98. The summed E-state index contributed by atoms with van der Waals surface area (Å²) in [6.45, 7) is 0.651. The van der Waals surface area contributed by atoms with Crippen LogP contribution in [0, 0.1) is 0 Å². The molecule has 1 aliphatic rings. The number of hydrogen-bond donors (Lipinski definition) is 0. The second-order valence-electron chi connectivity index (χ2n) is 6.55. The normalized spacial score (nSPS) is 13.3. The number of thiophene rings is 1. The van der Waals surface area contributed by atoms with Crippen molar-refractivity contribution in [1.82, 2.24) is 20.2 Å². The standard InChI is InChI=1S/C19H16N4O2S2/c24-18-9-14(16-7-12-3-1-4-13(12)8-17(16)25-18)11-27-19-20-21-22-23(19)10-15-5-2-6-26-15/h2,5-9H,1,3-4,10-11H2. The molecule has 0 amide bonds. The number of hydrogen-bond acceptors (Lipinski definition) is 7. The molecule has 6 nitrogen and oxygen atoms in total. The fraction of sp³-hybridized carbons (Fsp3) is 0.263. The number of aromatic nitrogens is 4. The van der Waals surface area contributed by atoms with Crippen LogP contribution in [-0.4, -0.2) is 20.2 Å². The van der Waals surface area contributed by atoms with E-state index in [4.69, 9.17) is 4.42 Å². The van der Waals surface area contributed by atoms with Gasteiger partial charge in [0.25, 0.3) is 0 Å². The van der Waals surface area contributed by atoms with E-state index in [1.165, 1.54) is 27.8 Å². The molecule has 8 heteroatoms. The van der Waals surface area contributed by atoms with E-state index in [1.807, 2.05) is 17.5 Å². The van der Waals surface area contributed by atoms with Crippen molar-refractivity contribution >= 4 is 34.1 Å². The molecule has 0 N–H and O–H groups in total. The Balaban J connectivity index is 1.44. The van der Waals surface area contributed by atoms with Gasteiger partial charge in [-0.15, -0.1) is 16.4 Å². The van der Waals surface area contributed by atoms with Gasteiger partial charge in [-0.1, -0.05) is 17.8 Å². The average molecular weight is 396 g/mol. The Kier molecular flexibility index (Phi) is 4.29. The summed E-state index contributed by atoms with van der Waals surface area (Å²) in [5.41, 5.74) is 4.00. The largest absolute Gasteiger partial charge is 0.423 e. The van der Waals surface area contributed by atoms with E-state index in [-0.39, 0.29) is 5.63 Å². The van der Waals surface area contributed by atoms with E-state index in [1.54, 1.807) is 22.1 Å². The highest BCUT2D eigenvalue weighted by atomic mass is 32.2. The van der Waals surface area contributed by atoms with Crippen LogP contribution < -0.4 is 5.63 Å². The molecule has 0 atom stereocenters. The first-order valence-electron chi connectivity index (χ1n) is 8.76. The van der Waals surface area contributed by atoms with E-state index in [0.717, 1.165) is 35.4 Å². The van der Waals surface area contributed by atoms with Crippen molar-refractivity contribution in [3.05, 3.63) is 67.7 Å². The second-order valence-corrected chi connectivity index (χ2v) is 8.52. The Morgan fingerprint density at radius 3 is 2.96 bits per heavy atom. The van der Waals surface area contributed by atoms with Crippen LogP contribution in [0.1, 0.15) is 28.0 Å². The minimum Gasteiger partial charge on any atom is -0.423 e. The number of nitrogens with zero attached hydrogens (tertiary/aromatic N) is 4. The molecule has 4 aromatic rings. The lowest BCUT2D eigenvalue weighted by Crippen LogP contribution is -2.04. The minimum absolute atomic E-state index is 0.311. The van der Waals surface area contributed by atoms with Crippen molar-refractivity contribution in [3.8, 4) is 0 Å². The quantitative estimate of drug-likeness (QED) is 0.379. The predicted octanol–water partition coefficient (Wildman–Crippen LogP) is 3.67. The molecule has 0 aliphatic heterocycles. The molecule has 136 valence electrons. The molecule has 1 aromatic carbocycles. The number of rotatable bonds is 5. The van der Waals surface area contributed by atoms with Crippen LogP contribution in [-0.2, 0) is 25.1 Å². The predicted molar refractivity (Wildman–Crippen MR) is 105 cm³/mol. The summed E-state index contributed by atoms with van der Waals surface area (Å²) in [5, 5.41) is 15.8. The van der Waals surface area contributed by atoms with Crippen LogP contribution in [0.3, 0.4) is 0 Å². The van der Waals surface area contributed by atoms with Crippen molar-refractivity contribution in [2.45, 2.75) is 36.7 Å². The first-order valence-corrected chi connectivity index (χ1v) is 10.6. The molecule has 0 fully saturated rings. The molecule has 0 unspecified atom stereocenters. The lowest BCUT2D eigenvalue weighted by Gasteiger charge is -2.08. The number of benzene rings is 1. The first-order chi connectivity index (χ1) is 13.3. The molecule has 5 rings (SSSR count). The highest BCUT2D eigenvalue weighted by Gasteiger charge is 2.16. The van der Waals surface area contributed by atoms with Gasteiger partial charge in [0.2, 0.25) is 5.16 Å². The molecule has 0 radical (unpaired) electrons. The van der Waals surface area contributed by atoms with Gasteiger partial charge >= 0.3 is 5.63 Å². The Morgan fingerprint density at radius 1 is 1.22 bits per heavy atom. The van der Waals surface area contributed by atoms with E-state index in [2.05, 4.69) is 27.7 Å². The number of thioether (sulfide) groups is 1. The third-order valence-corrected chi connectivity index (χ3v) is 6.65. The Bertz CT molecular complexity index is 1160. The third-order valence-electron chi connectivity index (χ3n) is 4.78. The monoisotopic (exact) mass is 396 g/mol. The first kappa shape index (κ1) is 16.7. The zero-order valence-electron chi connectivity index (χ0n) is 14.4. The van der Waals surface area contributed by atoms with Crippen molar-refractivity contribution in [2.75, 3.05) is 0 Å². The number of aryl methyl sites for hydroxylation is 2. The Morgan fingerprint density at radius 2 is 2.11 bits per heavy atom. The summed E-state index contributed by atoms with van der Waals surface area (Å²) >= 11 is 3.22. The molecule has 0 saturated heterocycles.